The molecule has 0 heterocycles. The van der Waals surface area contributed by atoms with E-state index in [9.17, 15) is 9.90 Å². The molecule has 0 unspecified atom stereocenters. The molecule has 0 spiro atoms. The van der Waals surface area contributed by atoms with Crippen molar-refractivity contribution in [2.24, 2.45) is 0 Å². The van der Waals surface area contributed by atoms with E-state index in [2.05, 4.69) is 10.6 Å². The van der Waals surface area contributed by atoms with Crippen LogP contribution in [0, 0.1) is 0 Å². The van der Waals surface area contributed by atoms with E-state index in [4.69, 9.17) is 0 Å². The summed E-state index contributed by atoms with van der Waals surface area (Å²) in [5, 5.41) is 16.2. The van der Waals surface area contributed by atoms with Crippen molar-refractivity contribution >= 4 is 5.91 Å². The van der Waals surface area contributed by atoms with Gasteiger partial charge in [0.1, 0.15) is 0 Å². The third-order valence-corrected chi connectivity index (χ3v) is 4.03. The molecule has 0 aromatic rings. The molecule has 0 saturated heterocycles. The predicted molar refractivity (Wildman–Crippen MR) is 73.4 cm³/mol. The quantitative estimate of drug-likeness (QED) is 0.648. The highest BCUT2D eigenvalue weighted by molar-refractivity contribution is 5.78. The highest BCUT2D eigenvalue weighted by Crippen LogP contribution is 2.17. The normalized spacial score (nSPS) is 17.7. The molecule has 0 aliphatic heterocycles. The SMILES string of the molecule is CCC(O)(CC)CNCC(=O)NC1CCCCC1. The minimum atomic E-state index is -0.675. The van der Waals surface area contributed by atoms with Crippen LogP contribution in [0.3, 0.4) is 0 Å². The first kappa shape index (κ1) is 15.4. The molecule has 0 aromatic heterocycles. The maximum absolute atomic E-state index is 11.7. The summed E-state index contributed by atoms with van der Waals surface area (Å²) in [6, 6.07) is 0.365. The molecule has 1 fully saturated rings. The zero-order valence-corrected chi connectivity index (χ0v) is 11.8. The number of hydrogen-bond acceptors (Lipinski definition) is 3. The molecule has 0 aromatic carbocycles. The molecule has 1 amide bonds. The van der Waals surface area contributed by atoms with Crippen LogP contribution < -0.4 is 10.6 Å². The summed E-state index contributed by atoms with van der Waals surface area (Å²) in [5.41, 5.74) is -0.675. The Morgan fingerprint density at radius 2 is 1.83 bits per heavy atom. The lowest BCUT2D eigenvalue weighted by Gasteiger charge is -2.26. The minimum Gasteiger partial charge on any atom is -0.389 e. The van der Waals surface area contributed by atoms with Crippen molar-refractivity contribution in [3.05, 3.63) is 0 Å². The van der Waals surface area contributed by atoms with Crippen molar-refractivity contribution in [1.82, 2.24) is 10.6 Å². The van der Waals surface area contributed by atoms with Gasteiger partial charge >= 0.3 is 0 Å². The van der Waals surface area contributed by atoms with E-state index in [1.165, 1.54) is 19.3 Å². The van der Waals surface area contributed by atoms with E-state index in [0.29, 0.717) is 32.0 Å². The molecular weight excluding hydrogens is 228 g/mol. The van der Waals surface area contributed by atoms with Crippen LogP contribution in [0.4, 0.5) is 0 Å². The Labute approximate surface area is 111 Å². The van der Waals surface area contributed by atoms with Gasteiger partial charge in [-0.25, -0.2) is 0 Å². The Morgan fingerprint density at radius 3 is 2.39 bits per heavy atom. The van der Waals surface area contributed by atoms with Crippen LogP contribution >= 0.6 is 0 Å². The van der Waals surface area contributed by atoms with Crippen LogP contribution in [-0.2, 0) is 4.79 Å². The van der Waals surface area contributed by atoms with Crippen LogP contribution in [0.25, 0.3) is 0 Å². The molecule has 1 aliphatic rings. The Bertz CT molecular complexity index is 246. The maximum Gasteiger partial charge on any atom is 0.234 e. The van der Waals surface area contributed by atoms with Crippen LogP contribution in [0.1, 0.15) is 58.8 Å². The van der Waals surface area contributed by atoms with Gasteiger partial charge in [-0.2, -0.15) is 0 Å². The van der Waals surface area contributed by atoms with Gasteiger partial charge in [0.05, 0.1) is 12.1 Å². The molecule has 3 N–H and O–H groups in total. The lowest BCUT2D eigenvalue weighted by molar-refractivity contribution is -0.121. The van der Waals surface area contributed by atoms with Crippen molar-refractivity contribution in [2.45, 2.75) is 70.4 Å². The zero-order chi connectivity index (χ0) is 13.4. The summed E-state index contributed by atoms with van der Waals surface area (Å²) in [7, 11) is 0. The van der Waals surface area contributed by atoms with Gasteiger partial charge in [0, 0.05) is 12.6 Å². The number of aliphatic hydroxyl groups is 1. The lowest BCUT2D eigenvalue weighted by atomic mass is 9.95. The second-order valence-corrected chi connectivity index (χ2v) is 5.44. The third-order valence-electron chi connectivity index (χ3n) is 4.03. The first-order chi connectivity index (χ1) is 8.59. The van der Waals surface area contributed by atoms with Gasteiger partial charge in [-0.3, -0.25) is 4.79 Å². The van der Waals surface area contributed by atoms with Gasteiger partial charge in [-0.15, -0.1) is 0 Å². The highest BCUT2D eigenvalue weighted by Gasteiger charge is 2.22. The fourth-order valence-corrected chi connectivity index (χ4v) is 2.43. The highest BCUT2D eigenvalue weighted by atomic mass is 16.3. The van der Waals surface area contributed by atoms with E-state index in [1.54, 1.807) is 0 Å². The standard InChI is InChI=1S/C14H28N2O2/c1-3-14(18,4-2)11-15-10-13(17)16-12-8-6-5-7-9-12/h12,15,18H,3-11H2,1-2H3,(H,16,17). The number of amides is 1. The average molecular weight is 256 g/mol. The van der Waals surface area contributed by atoms with Crippen LogP contribution in [0.15, 0.2) is 0 Å². The molecule has 0 bridgehead atoms. The maximum atomic E-state index is 11.7. The molecule has 1 rings (SSSR count). The molecule has 0 atom stereocenters. The molecule has 4 heteroatoms. The van der Waals surface area contributed by atoms with Gasteiger partial charge in [-0.1, -0.05) is 33.1 Å². The van der Waals surface area contributed by atoms with Crippen molar-refractivity contribution in [3.8, 4) is 0 Å². The summed E-state index contributed by atoms with van der Waals surface area (Å²) in [5.74, 6) is 0.0523. The summed E-state index contributed by atoms with van der Waals surface area (Å²) in [6.07, 6.45) is 7.39. The van der Waals surface area contributed by atoms with Crippen LogP contribution in [0.2, 0.25) is 0 Å². The van der Waals surface area contributed by atoms with Crippen molar-refractivity contribution < 1.29 is 9.90 Å². The average Bonchev–Trinajstić information content (AvgIpc) is 2.39. The van der Waals surface area contributed by atoms with E-state index >= 15 is 0 Å². The predicted octanol–water partition coefficient (Wildman–Crippen LogP) is 1.58. The molecule has 0 radical (unpaired) electrons. The largest absolute Gasteiger partial charge is 0.389 e. The second kappa shape index (κ2) is 7.74. The van der Waals surface area contributed by atoms with Crippen molar-refractivity contribution in [2.75, 3.05) is 13.1 Å². The Balaban J connectivity index is 2.16. The smallest absolute Gasteiger partial charge is 0.234 e. The Morgan fingerprint density at radius 1 is 1.22 bits per heavy atom. The third kappa shape index (κ3) is 5.36. The molecule has 18 heavy (non-hydrogen) atoms. The summed E-state index contributed by atoms with van der Waals surface area (Å²) in [6.45, 7) is 4.72. The van der Waals surface area contributed by atoms with Gasteiger partial charge in [0.25, 0.3) is 0 Å². The number of nitrogens with one attached hydrogen (secondary N) is 2. The van der Waals surface area contributed by atoms with Gasteiger partial charge < -0.3 is 15.7 Å². The van der Waals surface area contributed by atoms with Crippen LogP contribution in [0.5, 0.6) is 0 Å². The molecular formula is C14H28N2O2. The Hall–Kier alpha value is -0.610. The van der Waals surface area contributed by atoms with Gasteiger partial charge in [-0.05, 0) is 25.7 Å². The number of carbonyl (C=O) groups excluding carboxylic acids is 1. The topological polar surface area (TPSA) is 61.4 Å². The summed E-state index contributed by atoms with van der Waals surface area (Å²) in [4.78, 5) is 11.7. The first-order valence-electron chi connectivity index (χ1n) is 7.32. The molecule has 106 valence electrons. The van der Waals surface area contributed by atoms with E-state index in [1.807, 2.05) is 13.8 Å². The Kier molecular flexibility index (Phi) is 6.65. The number of hydrogen-bond donors (Lipinski definition) is 3. The van der Waals surface area contributed by atoms with E-state index in [0.717, 1.165) is 12.8 Å². The summed E-state index contributed by atoms with van der Waals surface area (Å²) >= 11 is 0. The molecule has 4 nitrogen and oxygen atoms in total. The molecule has 1 aliphatic carbocycles. The lowest BCUT2D eigenvalue weighted by Crippen LogP contribution is -2.45. The minimum absolute atomic E-state index is 0.0523. The van der Waals surface area contributed by atoms with Crippen LogP contribution in [-0.4, -0.2) is 35.7 Å². The first-order valence-corrected chi connectivity index (χ1v) is 7.32. The van der Waals surface area contributed by atoms with Gasteiger partial charge in [0.15, 0.2) is 0 Å². The monoisotopic (exact) mass is 256 g/mol. The van der Waals surface area contributed by atoms with E-state index in [-0.39, 0.29) is 5.91 Å². The van der Waals surface area contributed by atoms with Gasteiger partial charge in [0.2, 0.25) is 5.91 Å². The zero-order valence-electron chi connectivity index (χ0n) is 11.8. The van der Waals surface area contributed by atoms with E-state index < -0.39 is 5.60 Å². The molecule has 1 saturated carbocycles. The fraction of sp³-hybridized carbons (Fsp3) is 0.929. The van der Waals surface area contributed by atoms with Crippen molar-refractivity contribution in [3.63, 3.8) is 0 Å². The van der Waals surface area contributed by atoms with Crippen molar-refractivity contribution in [1.29, 1.82) is 0 Å². The second-order valence-electron chi connectivity index (χ2n) is 5.44. The number of rotatable bonds is 7. The summed E-state index contributed by atoms with van der Waals surface area (Å²) < 4.78 is 0. The fourth-order valence-electron chi connectivity index (χ4n) is 2.43. The number of carbonyl (C=O) groups is 1.